The van der Waals surface area contributed by atoms with Gasteiger partial charge in [-0.2, -0.15) is 0 Å². The van der Waals surface area contributed by atoms with Gasteiger partial charge in [0.1, 0.15) is 46.5 Å². The first-order chi connectivity index (χ1) is 30.1. The molecule has 0 aromatic heterocycles. The molecule has 1 atom stereocenters. The zero-order valence-electron chi connectivity index (χ0n) is 32.7. The van der Waals surface area contributed by atoms with Crippen molar-refractivity contribution in [3.63, 3.8) is 0 Å². The van der Waals surface area contributed by atoms with Crippen LogP contribution in [0.3, 0.4) is 0 Å². The molecule has 1 unspecified atom stereocenters. The van der Waals surface area contributed by atoms with E-state index >= 15 is 0 Å². The van der Waals surface area contributed by atoms with E-state index in [1.165, 1.54) is 0 Å². The highest BCUT2D eigenvalue weighted by Gasteiger charge is 2.47. The summed E-state index contributed by atoms with van der Waals surface area (Å²) >= 11 is 0. The first-order valence-corrected chi connectivity index (χ1v) is 21.5. The van der Waals surface area contributed by atoms with Crippen LogP contribution in [-0.4, -0.2) is 147 Å². The van der Waals surface area contributed by atoms with Gasteiger partial charge in [-0.15, -0.1) is 79.4 Å². The maximum absolute atomic E-state index is 14.6. The highest BCUT2D eigenvalue weighted by Crippen LogP contribution is 2.79. The van der Waals surface area contributed by atoms with Crippen LogP contribution in [-0.2, 0) is 46.3 Å². The first-order valence-electron chi connectivity index (χ1n) is 16.9. The molecule has 0 radical (unpaired) electrons. The van der Waals surface area contributed by atoms with E-state index < -0.39 is 185 Å². The summed E-state index contributed by atoms with van der Waals surface area (Å²) in [6, 6.07) is 0. The molecule has 0 aliphatic carbocycles. The number of hydrogen-bond donors (Lipinski definition) is 1. The van der Waals surface area contributed by atoms with Gasteiger partial charge in [0.15, 0.2) is 0 Å². The molecule has 1 aliphatic heterocycles. The maximum Gasteiger partial charge on any atom is 0.522 e. The Labute approximate surface area is 359 Å². The molecule has 1 heterocycles. The van der Waals surface area contributed by atoms with E-state index in [0.717, 1.165) is 0 Å². The topological polar surface area (TPSA) is 150 Å². The molecule has 1 N–H and O–H groups in total. The van der Waals surface area contributed by atoms with Crippen LogP contribution in [0.4, 0.5) is 110 Å². The lowest BCUT2D eigenvalue weighted by Crippen LogP contribution is -2.29. The molecule has 1 rings (SSSR count). The molecule has 406 valence electrons. The summed E-state index contributed by atoms with van der Waals surface area (Å²) in [5, 5.41) is 0. The molecule has 0 fully saturated rings. The van der Waals surface area contributed by atoms with Crippen molar-refractivity contribution in [3.8, 4) is 0 Å². The summed E-state index contributed by atoms with van der Waals surface area (Å²) < 4.78 is 359. The van der Waals surface area contributed by atoms with Crippen molar-refractivity contribution in [2.45, 2.75) is 68.8 Å². The van der Waals surface area contributed by atoms with Crippen molar-refractivity contribution in [3.05, 3.63) is 0 Å². The average molecular weight is 1120 g/mol. The summed E-state index contributed by atoms with van der Waals surface area (Å²) in [5.41, 5.74) is 0. The van der Waals surface area contributed by atoms with Crippen LogP contribution >= 0.6 is 23.0 Å². The van der Waals surface area contributed by atoms with E-state index in [9.17, 15) is 115 Å². The van der Waals surface area contributed by atoms with E-state index in [4.69, 9.17) is 18.1 Å². The predicted molar refractivity (Wildman–Crippen MR) is 173 cm³/mol. The van der Waals surface area contributed by atoms with Crippen molar-refractivity contribution in [2.24, 2.45) is 13.5 Å². The average Bonchev–Trinajstić information content (AvgIpc) is 3.14. The molecule has 14 nitrogen and oxygen atoms in total. The van der Waals surface area contributed by atoms with Crippen molar-refractivity contribution >= 4 is 23.0 Å². The third-order valence-electron chi connectivity index (χ3n) is 5.58. The molecule has 0 spiro atoms. The van der Waals surface area contributed by atoms with Crippen molar-refractivity contribution in [2.75, 3.05) is 92.8 Å². The Morgan fingerprint density at radius 3 is 0.821 bits per heavy atom. The van der Waals surface area contributed by atoms with E-state index in [2.05, 4.69) is 41.8 Å². The minimum atomic E-state index is -5.68. The molecule has 0 saturated heterocycles. The second-order valence-corrected chi connectivity index (χ2v) is 17.7. The quantitative estimate of drug-likeness (QED) is 0.0589. The summed E-state index contributed by atoms with van der Waals surface area (Å²) in [6.07, 6.45) is -31.1. The van der Waals surface area contributed by atoms with Crippen LogP contribution < -0.4 is 0 Å². The Morgan fingerprint density at radius 1 is 0.313 bits per heavy atom. The maximum atomic E-state index is 14.6. The minimum absolute atomic E-state index is 0.913. The fourth-order valence-corrected chi connectivity index (χ4v) is 11.9. The standard InChI is InChI=1S/C19H27F17N3O9P3.2C3H4F4O/c20-4-9-44-50(45-10-5-21)37-49(40,46-11-14(22,23)1-6-41-17(28,29)30)38-51(39-50,47-12-15(24,25)2-7-42-18(31,32)33)48-13-16(26,27)3-8-43-19(34,35)36;2*4-1-2-8-3(5,6)7/h40H,1-13H2;2*1-2H2. The summed E-state index contributed by atoms with van der Waals surface area (Å²) in [6.45, 7) is -21.5. The van der Waals surface area contributed by atoms with E-state index in [1.54, 1.807) is 0 Å². The van der Waals surface area contributed by atoms with E-state index in [0.29, 0.717) is 0 Å². The summed E-state index contributed by atoms with van der Waals surface area (Å²) in [7, 11) is -16.5. The molecule has 1 aliphatic rings. The van der Waals surface area contributed by atoms with Crippen molar-refractivity contribution in [1.29, 1.82) is 0 Å². The second-order valence-electron chi connectivity index (χ2n) is 11.3. The largest absolute Gasteiger partial charge is 0.522 e. The highest BCUT2D eigenvalue weighted by molar-refractivity contribution is 7.78. The van der Waals surface area contributed by atoms with Gasteiger partial charge in [0.2, 0.25) is 0 Å². The zero-order valence-corrected chi connectivity index (χ0v) is 35.4. The first kappa shape index (κ1) is 67.6. The molecule has 0 bridgehead atoms. The SMILES string of the molecule is FCCOC(F)(F)F.FCCOC(F)(F)F.OP1(OCC(F)(F)CCOC(F)(F)F)=NP(OCCF)(OCCF)=NP(OCC(F)(F)CCOC(F)(F)F)(OCC(F)(F)CCOC(F)(F)F)=N1. The fraction of sp³-hybridized carbons (Fsp3) is 1.00. The van der Waals surface area contributed by atoms with Crippen molar-refractivity contribution < 1.29 is 161 Å². The monoisotopic (exact) mass is 1120 g/mol. The highest BCUT2D eigenvalue weighted by atomic mass is 31.3. The molecule has 67 heavy (non-hydrogen) atoms. The van der Waals surface area contributed by atoms with Crippen LogP contribution in [0.1, 0.15) is 19.3 Å². The normalized spacial score (nSPS) is 18.2. The molecular formula is C25H35F25N3O11P3. The molecule has 0 aromatic rings. The van der Waals surface area contributed by atoms with E-state index in [1.807, 2.05) is 0 Å². The molecule has 0 amide bonds. The van der Waals surface area contributed by atoms with Crippen LogP contribution in [0.5, 0.6) is 0 Å². The molecule has 0 aromatic carbocycles. The Hall–Kier alpha value is -1.50. The van der Waals surface area contributed by atoms with E-state index in [-0.39, 0.29) is 0 Å². The van der Waals surface area contributed by atoms with Gasteiger partial charge < -0.3 is 18.5 Å². The number of halogens is 25. The van der Waals surface area contributed by atoms with Crippen LogP contribution in [0.25, 0.3) is 0 Å². The van der Waals surface area contributed by atoms with Gasteiger partial charge in [0, 0.05) is 19.3 Å². The van der Waals surface area contributed by atoms with Gasteiger partial charge in [-0.25, -0.2) is 43.9 Å². The van der Waals surface area contributed by atoms with Crippen LogP contribution in [0.2, 0.25) is 0 Å². The molecular weight excluding hydrogens is 1090 g/mol. The smallest absolute Gasteiger partial charge is 0.322 e. The van der Waals surface area contributed by atoms with Gasteiger partial charge in [0.25, 0.3) is 17.8 Å². The van der Waals surface area contributed by atoms with Gasteiger partial charge in [-0.3, -0.25) is 32.7 Å². The van der Waals surface area contributed by atoms with Gasteiger partial charge in [-0.05, 0) is 0 Å². The third kappa shape index (κ3) is 37.9. The Kier molecular flexibility index (Phi) is 29.4. The number of rotatable bonds is 28. The number of ether oxygens (including phenoxy) is 5. The molecule has 0 saturated carbocycles. The number of alkyl halides is 25. The van der Waals surface area contributed by atoms with Crippen LogP contribution in [0, 0.1) is 0 Å². The Balaban J connectivity index is 0. The minimum Gasteiger partial charge on any atom is -0.322 e. The Morgan fingerprint density at radius 2 is 0.567 bits per heavy atom. The summed E-state index contributed by atoms with van der Waals surface area (Å²) in [5.74, 6) is -13.4. The summed E-state index contributed by atoms with van der Waals surface area (Å²) in [4.78, 5) is 11.0. The predicted octanol–water partition coefficient (Wildman–Crippen LogP) is 12.5. The third-order valence-corrected chi connectivity index (χ3v) is 13.5. The zero-order chi connectivity index (χ0) is 52.7. The van der Waals surface area contributed by atoms with Gasteiger partial charge in [-0.1, -0.05) is 0 Å². The van der Waals surface area contributed by atoms with Gasteiger partial charge in [0.05, 0.1) is 46.2 Å². The number of hydrogen-bond acceptors (Lipinski definition) is 13. The lowest BCUT2D eigenvalue weighted by Gasteiger charge is -2.33. The Bertz CT molecular complexity index is 1480. The number of nitrogens with zero attached hydrogens (tertiary/aromatic N) is 3. The lowest BCUT2D eigenvalue weighted by atomic mass is 10.3. The van der Waals surface area contributed by atoms with Gasteiger partial charge >= 0.3 is 54.8 Å². The lowest BCUT2D eigenvalue weighted by molar-refractivity contribution is -0.328. The van der Waals surface area contributed by atoms with Crippen molar-refractivity contribution in [1.82, 2.24) is 0 Å². The second kappa shape index (κ2) is 29.1. The fourth-order valence-electron chi connectivity index (χ4n) is 3.14. The van der Waals surface area contributed by atoms with Crippen LogP contribution in [0.15, 0.2) is 13.5 Å². The molecule has 42 heteroatoms.